The van der Waals surface area contributed by atoms with Crippen LogP contribution in [-0.2, 0) is 0 Å². The number of thioether (sulfide) groups is 1. The van der Waals surface area contributed by atoms with E-state index in [0.717, 1.165) is 53.9 Å². The van der Waals surface area contributed by atoms with Crippen molar-refractivity contribution in [2.24, 2.45) is 0 Å². The Morgan fingerprint density at radius 1 is 1.00 bits per heavy atom. The fraction of sp³-hybridized carbons (Fsp3) is 0.304. The van der Waals surface area contributed by atoms with Gasteiger partial charge in [-0.25, -0.2) is 0 Å². The highest BCUT2D eigenvalue weighted by Gasteiger charge is 2.26. The van der Waals surface area contributed by atoms with E-state index < -0.39 is 0 Å². The Bertz CT molecular complexity index is 1230. The molecule has 2 aromatic heterocycles. The summed E-state index contributed by atoms with van der Waals surface area (Å²) in [4.78, 5) is 2.26. The van der Waals surface area contributed by atoms with Gasteiger partial charge in [0.2, 0.25) is 17.7 Å². The minimum Gasteiger partial charge on any atom is -0.419 e. The molecule has 164 valence electrons. The largest absolute Gasteiger partial charge is 0.419 e. The van der Waals surface area contributed by atoms with Crippen LogP contribution in [0.1, 0.15) is 36.5 Å². The average molecular weight is 467 g/mol. The van der Waals surface area contributed by atoms with E-state index in [1.807, 2.05) is 66.9 Å². The fourth-order valence-electron chi connectivity index (χ4n) is 3.81. The molecule has 2 aromatic carbocycles. The molecular weight excluding hydrogens is 444 g/mol. The molecule has 0 bridgehead atoms. The maximum atomic E-state index is 6.56. The van der Waals surface area contributed by atoms with E-state index in [1.165, 1.54) is 11.8 Å². The maximum absolute atomic E-state index is 6.56. The molecule has 1 aliphatic heterocycles. The number of nitrogens with zero attached hydrogens (tertiary/aromatic N) is 6. The predicted octanol–water partition coefficient (Wildman–Crippen LogP) is 5.73. The van der Waals surface area contributed by atoms with Gasteiger partial charge in [-0.05, 0) is 51.0 Å². The van der Waals surface area contributed by atoms with E-state index in [2.05, 4.69) is 25.3 Å². The third kappa shape index (κ3) is 4.12. The summed E-state index contributed by atoms with van der Waals surface area (Å²) in [6, 6.07) is 15.8. The Morgan fingerprint density at radius 2 is 1.81 bits per heavy atom. The molecule has 1 aliphatic rings. The Kier molecular flexibility index (Phi) is 5.89. The van der Waals surface area contributed by atoms with Gasteiger partial charge >= 0.3 is 0 Å². The van der Waals surface area contributed by atoms with Crippen molar-refractivity contribution in [2.45, 2.75) is 37.1 Å². The number of benzene rings is 2. The number of halogens is 1. The van der Waals surface area contributed by atoms with Crippen molar-refractivity contribution in [3.8, 4) is 17.1 Å². The maximum Gasteiger partial charge on any atom is 0.247 e. The molecule has 1 atom stereocenters. The second-order valence-corrected chi connectivity index (χ2v) is 9.55. The van der Waals surface area contributed by atoms with Crippen LogP contribution in [0.5, 0.6) is 0 Å². The topological polar surface area (TPSA) is 72.9 Å². The molecule has 1 saturated heterocycles. The average Bonchev–Trinajstić information content (AvgIpc) is 3.55. The molecule has 5 rings (SSSR count). The molecule has 9 heteroatoms. The minimum absolute atomic E-state index is 0.113. The number of anilines is 1. The van der Waals surface area contributed by atoms with Crippen LogP contribution < -0.4 is 4.90 Å². The first-order valence-corrected chi connectivity index (χ1v) is 11.9. The first-order chi connectivity index (χ1) is 15.6. The lowest BCUT2D eigenvalue weighted by Gasteiger charge is -2.19. The van der Waals surface area contributed by atoms with Gasteiger partial charge in [0.1, 0.15) is 0 Å². The molecular formula is C23H23ClN6OS. The smallest absolute Gasteiger partial charge is 0.247 e. The number of hydrogen-bond acceptors (Lipinski definition) is 7. The zero-order chi connectivity index (χ0) is 22.1. The lowest BCUT2D eigenvalue weighted by atomic mass is 10.1. The van der Waals surface area contributed by atoms with Gasteiger partial charge in [0.25, 0.3) is 0 Å². The molecule has 0 N–H and O–H groups in total. The van der Waals surface area contributed by atoms with Gasteiger partial charge in [0.05, 0.1) is 16.0 Å². The van der Waals surface area contributed by atoms with Gasteiger partial charge in [0.15, 0.2) is 5.16 Å². The molecule has 7 nitrogen and oxygen atoms in total. The van der Waals surface area contributed by atoms with Crippen molar-refractivity contribution < 1.29 is 4.42 Å². The van der Waals surface area contributed by atoms with E-state index in [9.17, 15) is 0 Å². The number of aryl methyl sites for hydroxylation is 1. The van der Waals surface area contributed by atoms with Crippen LogP contribution in [0.3, 0.4) is 0 Å². The molecule has 0 radical (unpaired) electrons. The van der Waals surface area contributed by atoms with Crippen LogP contribution in [0.15, 0.2) is 58.1 Å². The highest BCUT2D eigenvalue weighted by Crippen LogP contribution is 2.38. The van der Waals surface area contributed by atoms with Crippen molar-refractivity contribution in [2.75, 3.05) is 18.0 Å². The molecule has 0 saturated carbocycles. The van der Waals surface area contributed by atoms with Gasteiger partial charge in [-0.1, -0.05) is 53.2 Å². The van der Waals surface area contributed by atoms with Gasteiger partial charge in [-0.2, -0.15) is 0 Å². The summed E-state index contributed by atoms with van der Waals surface area (Å²) in [6.07, 6.45) is 2.30. The van der Waals surface area contributed by atoms with Crippen LogP contribution in [0.2, 0.25) is 5.02 Å². The molecule has 1 unspecified atom stereocenters. The second kappa shape index (κ2) is 8.96. The Hall–Kier alpha value is -2.84. The van der Waals surface area contributed by atoms with Crippen molar-refractivity contribution in [1.29, 1.82) is 0 Å². The highest BCUT2D eigenvalue weighted by atomic mass is 35.5. The van der Waals surface area contributed by atoms with E-state index in [4.69, 9.17) is 16.0 Å². The van der Waals surface area contributed by atoms with Crippen LogP contribution in [0, 0.1) is 6.92 Å². The number of hydrogen-bond donors (Lipinski definition) is 0. The van der Waals surface area contributed by atoms with E-state index in [0.29, 0.717) is 16.8 Å². The molecule has 0 aliphatic carbocycles. The zero-order valence-electron chi connectivity index (χ0n) is 17.9. The fourth-order valence-corrected chi connectivity index (χ4v) is 4.91. The zero-order valence-corrected chi connectivity index (χ0v) is 19.5. The second-order valence-electron chi connectivity index (χ2n) is 7.84. The number of aromatic nitrogens is 5. The first kappa shape index (κ1) is 21.0. The van der Waals surface area contributed by atoms with Crippen LogP contribution in [-0.4, -0.2) is 38.1 Å². The highest BCUT2D eigenvalue weighted by molar-refractivity contribution is 7.99. The summed E-state index contributed by atoms with van der Waals surface area (Å²) in [5.74, 6) is 1.88. The molecule has 0 spiro atoms. The van der Waals surface area contributed by atoms with Gasteiger partial charge in [0, 0.05) is 18.7 Å². The van der Waals surface area contributed by atoms with Crippen molar-refractivity contribution in [1.82, 2.24) is 25.0 Å². The lowest BCUT2D eigenvalue weighted by Crippen LogP contribution is -2.22. The van der Waals surface area contributed by atoms with Gasteiger partial charge in [-0.3, -0.25) is 4.57 Å². The quantitative estimate of drug-likeness (QED) is 0.336. The SMILES string of the molecule is Cc1cccc(-c2nnc(C(C)Sc3nnc(N4CCCC4)n3-c3ccccc3Cl)o2)c1. The van der Waals surface area contributed by atoms with Gasteiger partial charge < -0.3 is 9.32 Å². The monoisotopic (exact) mass is 466 g/mol. The third-order valence-electron chi connectivity index (χ3n) is 5.43. The first-order valence-electron chi connectivity index (χ1n) is 10.6. The Morgan fingerprint density at radius 3 is 2.59 bits per heavy atom. The summed E-state index contributed by atoms with van der Waals surface area (Å²) >= 11 is 8.08. The summed E-state index contributed by atoms with van der Waals surface area (Å²) in [7, 11) is 0. The molecule has 3 heterocycles. The summed E-state index contributed by atoms with van der Waals surface area (Å²) < 4.78 is 8.03. The Balaban J connectivity index is 1.46. The minimum atomic E-state index is -0.113. The Labute approximate surface area is 195 Å². The number of rotatable bonds is 6. The van der Waals surface area contributed by atoms with Crippen LogP contribution in [0.25, 0.3) is 17.1 Å². The predicted molar refractivity (Wildman–Crippen MR) is 127 cm³/mol. The summed E-state index contributed by atoms with van der Waals surface area (Å²) in [6.45, 7) is 6.00. The van der Waals surface area contributed by atoms with Crippen molar-refractivity contribution in [3.05, 3.63) is 65.0 Å². The van der Waals surface area contributed by atoms with E-state index >= 15 is 0 Å². The van der Waals surface area contributed by atoms with E-state index in [-0.39, 0.29) is 5.25 Å². The summed E-state index contributed by atoms with van der Waals surface area (Å²) in [5, 5.41) is 18.8. The number of para-hydroxylation sites is 1. The van der Waals surface area contributed by atoms with Crippen LogP contribution >= 0.6 is 23.4 Å². The van der Waals surface area contributed by atoms with E-state index in [1.54, 1.807) is 0 Å². The molecule has 4 aromatic rings. The standard InChI is InChI=1S/C23H23ClN6OS/c1-15-8-7-9-17(14-15)21-26-25-20(31-21)16(2)32-23-28-27-22(29-12-5-6-13-29)30(23)19-11-4-3-10-18(19)24/h3-4,7-11,14,16H,5-6,12-13H2,1-2H3. The van der Waals surface area contributed by atoms with Crippen LogP contribution in [0.4, 0.5) is 5.95 Å². The van der Waals surface area contributed by atoms with Crippen molar-refractivity contribution >= 4 is 29.3 Å². The molecule has 32 heavy (non-hydrogen) atoms. The summed E-state index contributed by atoms with van der Waals surface area (Å²) in [5.41, 5.74) is 2.92. The van der Waals surface area contributed by atoms with Gasteiger partial charge in [-0.15, -0.1) is 20.4 Å². The molecule has 0 amide bonds. The lowest BCUT2D eigenvalue weighted by molar-refractivity contribution is 0.509. The third-order valence-corrected chi connectivity index (χ3v) is 6.78. The van der Waals surface area contributed by atoms with Crippen molar-refractivity contribution in [3.63, 3.8) is 0 Å². The normalized spacial score (nSPS) is 14.8. The molecule has 1 fully saturated rings.